The van der Waals surface area contributed by atoms with Gasteiger partial charge in [-0.1, -0.05) is 11.6 Å². The minimum absolute atomic E-state index is 0.00235. The number of benzene rings is 1. The van der Waals surface area contributed by atoms with Crippen LogP contribution >= 0.6 is 11.6 Å². The zero-order valence-electron chi connectivity index (χ0n) is 17.8. The molecule has 32 heavy (non-hydrogen) atoms. The molecule has 0 aliphatic carbocycles. The number of sulfonamides is 1. The number of aromatic nitrogens is 1. The zero-order valence-corrected chi connectivity index (χ0v) is 19.4. The smallest absolute Gasteiger partial charge is 0.277 e. The number of nitrogens with one attached hydrogen (secondary N) is 1. The molecule has 8 nitrogen and oxygen atoms in total. The second-order valence-electron chi connectivity index (χ2n) is 8.18. The van der Waals surface area contributed by atoms with Gasteiger partial charge in [0.05, 0.1) is 5.02 Å². The quantitative estimate of drug-likeness (QED) is 0.693. The third kappa shape index (κ3) is 4.07. The summed E-state index contributed by atoms with van der Waals surface area (Å²) in [6, 6.07) is 4.62. The molecule has 1 aromatic heterocycles. The molecule has 0 bridgehead atoms. The van der Waals surface area contributed by atoms with Crippen molar-refractivity contribution in [1.82, 2.24) is 9.29 Å². The van der Waals surface area contributed by atoms with E-state index in [1.165, 1.54) is 40.0 Å². The Hall–Kier alpha value is -2.63. The fraction of sp³-hybridized carbons (Fsp3) is 0.350. The number of aliphatic imine (C=N–C) groups is 1. The number of carbonyl (C=O) groups is 1. The first-order valence-electron chi connectivity index (χ1n) is 9.43. The Morgan fingerprint density at radius 2 is 1.88 bits per heavy atom. The van der Waals surface area contributed by atoms with E-state index in [2.05, 4.69) is 15.3 Å². The Kier molecular flexibility index (Phi) is 6.05. The Bertz CT molecular complexity index is 1240. The van der Waals surface area contributed by atoms with E-state index < -0.39 is 43.5 Å². The van der Waals surface area contributed by atoms with E-state index in [9.17, 15) is 22.0 Å². The van der Waals surface area contributed by atoms with Crippen LogP contribution in [0.25, 0.3) is 0 Å². The lowest BCUT2D eigenvalue weighted by atomic mass is 9.91. The van der Waals surface area contributed by atoms with Crippen molar-refractivity contribution in [1.29, 1.82) is 0 Å². The van der Waals surface area contributed by atoms with Crippen LogP contribution in [0.1, 0.15) is 36.8 Å². The molecule has 0 fully saturated rings. The number of nitrogens with zero attached hydrogens (tertiary/aromatic N) is 3. The molecule has 1 aliphatic rings. The lowest BCUT2D eigenvalue weighted by molar-refractivity contribution is 0.101. The summed E-state index contributed by atoms with van der Waals surface area (Å²) in [5, 5.41) is 2.48. The highest BCUT2D eigenvalue weighted by molar-refractivity contribution is 7.91. The van der Waals surface area contributed by atoms with Crippen LogP contribution in [0.15, 0.2) is 35.5 Å². The first-order chi connectivity index (χ1) is 14.7. The third-order valence-electron chi connectivity index (χ3n) is 5.40. The van der Waals surface area contributed by atoms with Gasteiger partial charge in [-0.05, 0) is 45.0 Å². The van der Waals surface area contributed by atoms with Gasteiger partial charge >= 0.3 is 0 Å². The average molecular weight is 486 g/mol. The average Bonchev–Trinajstić information content (AvgIpc) is 2.72. The molecule has 2 heterocycles. The van der Waals surface area contributed by atoms with E-state index in [0.717, 1.165) is 22.6 Å². The monoisotopic (exact) mass is 485 g/mol. The highest BCUT2D eigenvalue weighted by Crippen LogP contribution is 2.36. The molecular weight excluding hydrogens is 464 g/mol. The molecular formula is C20H22ClF2N5O3S. The molecule has 0 saturated carbocycles. The van der Waals surface area contributed by atoms with Gasteiger partial charge in [-0.25, -0.2) is 26.5 Å². The minimum Gasteiger partial charge on any atom is -0.386 e. The van der Waals surface area contributed by atoms with Gasteiger partial charge in [-0.15, -0.1) is 0 Å². The molecule has 172 valence electrons. The van der Waals surface area contributed by atoms with Crippen molar-refractivity contribution < 1.29 is 22.0 Å². The Morgan fingerprint density at radius 1 is 1.22 bits per heavy atom. The zero-order chi connectivity index (χ0) is 24.1. The van der Waals surface area contributed by atoms with Crippen molar-refractivity contribution in [2.75, 3.05) is 18.9 Å². The molecule has 1 aliphatic heterocycles. The van der Waals surface area contributed by atoms with Gasteiger partial charge in [-0.2, -0.15) is 0 Å². The van der Waals surface area contributed by atoms with Gasteiger partial charge in [-0.3, -0.25) is 9.79 Å². The molecule has 2 aromatic rings. The Labute approximate surface area is 189 Å². The van der Waals surface area contributed by atoms with Gasteiger partial charge in [0.1, 0.15) is 21.9 Å². The van der Waals surface area contributed by atoms with Crippen molar-refractivity contribution in [3.8, 4) is 0 Å². The SMILES string of the molecule is CN1CC(C)(c2cc(NC(=O)c3ncc(Cl)cc3F)ccc2F)N=C(N)C(C)(C)S1(=O)=O. The van der Waals surface area contributed by atoms with Gasteiger partial charge in [0.15, 0.2) is 11.5 Å². The fourth-order valence-electron chi connectivity index (χ4n) is 3.41. The van der Waals surface area contributed by atoms with Crippen LogP contribution in [0.3, 0.4) is 0 Å². The highest BCUT2D eigenvalue weighted by atomic mass is 35.5. The number of pyridine rings is 1. The second-order valence-corrected chi connectivity index (χ2v) is 11.2. The first-order valence-corrected chi connectivity index (χ1v) is 11.2. The summed E-state index contributed by atoms with van der Waals surface area (Å²) < 4.78 is 54.2. The predicted octanol–water partition coefficient (Wildman–Crippen LogP) is 2.89. The number of amidine groups is 1. The Morgan fingerprint density at radius 3 is 2.50 bits per heavy atom. The predicted molar refractivity (Wildman–Crippen MR) is 118 cm³/mol. The van der Waals surface area contributed by atoms with Crippen LogP contribution < -0.4 is 11.1 Å². The molecule has 1 unspecified atom stereocenters. The van der Waals surface area contributed by atoms with Gasteiger partial charge in [0, 0.05) is 31.0 Å². The van der Waals surface area contributed by atoms with Crippen LogP contribution in [0.4, 0.5) is 14.5 Å². The van der Waals surface area contributed by atoms with Crippen molar-refractivity contribution in [2.45, 2.75) is 31.1 Å². The van der Waals surface area contributed by atoms with Crippen molar-refractivity contribution in [3.63, 3.8) is 0 Å². The second kappa shape index (κ2) is 8.05. The van der Waals surface area contributed by atoms with E-state index >= 15 is 0 Å². The molecule has 1 atom stereocenters. The van der Waals surface area contributed by atoms with Crippen LogP contribution in [0.5, 0.6) is 0 Å². The number of halogens is 3. The molecule has 3 rings (SSSR count). The third-order valence-corrected chi connectivity index (χ3v) is 8.05. The van der Waals surface area contributed by atoms with Crippen LogP contribution in [0.2, 0.25) is 5.02 Å². The number of rotatable bonds is 3. The minimum atomic E-state index is -3.87. The van der Waals surface area contributed by atoms with Gasteiger partial charge in [0.25, 0.3) is 5.91 Å². The van der Waals surface area contributed by atoms with Crippen LogP contribution in [-0.4, -0.2) is 47.8 Å². The molecule has 3 N–H and O–H groups in total. The summed E-state index contributed by atoms with van der Waals surface area (Å²) in [6.45, 7) is 4.19. The lowest BCUT2D eigenvalue weighted by Crippen LogP contribution is -2.50. The van der Waals surface area contributed by atoms with Crippen molar-refractivity contribution in [3.05, 3.63) is 58.4 Å². The summed E-state index contributed by atoms with van der Waals surface area (Å²) in [5.74, 6) is -2.64. The normalized spacial score (nSPS) is 22.7. The molecule has 12 heteroatoms. The summed E-state index contributed by atoms with van der Waals surface area (Å²) in [7, 11) is -2.50. The molecule has 1 aromatic carbocycles. The van der Waals surface area contributed by atoms with Crippen molar-refractivity contribution in [2.24, 2.45) is 10.7 Å². The molecule has 0 radical (unpaired) electrons. The van der Waals surface area contributed by atoms with E-state index in [0.29, 0.717) is 0 Å². The van der Waals surface area contributed by atoms with Gasteiger partial charge < -0.3 is 11.1 Å². The number of carbonyl (C=O) groups excluding carboxylic acids is 1. The number of hydrogen-bond acceptors (Lipinski definition) is 6. The summed E-state index contributed by atoms with van der Waals surface area (Å²) in [4.78, 5) is 20.5. The highest BCUT2D eigenvalue weighted by Gasteiger charge is 2.48. The van der Waals surface area contributed by atoms with Crippen LogP contribution in [0, 0.1) is 11.6 Å². The van der Waals surface area contributed by atoms with Crippen LogP contribution in [-0.2, 0) is 15.6 Å². The fourth-order valence-corrected chi connectivity index (χ4v) is 5.06. The number of likely N-dealkylation sites (N-methyl/N-ethyl adjacent to an activating group) is 1. The summed E-state index contributed by atoms with van der Waals surface area (Å²) >= 11 is 5.65. The van der Waals surface area contributed by atoms with Gasteiger partial charge in [0.2, 0.25) is 10.0 Å². The number of anilines is 1. The summed E-state index contributed by atoms with van der Waals surface area (Å²) in [6.07, 6.45) is 1.12. The van der Waals surface area contributed by atoms with E-state index in [1.54, 1.807) is 0 Å². The largest absolute Gasteiger partial charge is 0.386 e. The maximum atomic E-state index is 14.9. The molecule has 1 amide bonds. The van der Waals surface area contributed by atoms with E-state index in [1.807, 2.05) is 0 Å². The maximum absolute atomic E-state index is 14.9. The number of nitrogens with two attached hydrogens (primary N) is 1. The van der Waals surface area contributed by atoms with Crippen molar-refractivity contribution >= 4 is 39.1 Å². The summed E-state index contributed by atoms with van der Waals surface area (Å²) in [5.41, 5.74) is 4.28. The first kappa shape index (κ1) is 24.0. The number of hydrogen-bond donors (Lipinski definition) is 2. The molecule has 0 saturated heterocycles. The lowest BCUT2D eigenvalue weighted by Gasteiger charge is -2.29. The maximum Gasteiger partial charge on any atom is 0.277 e. The topological polar surface area (TPSA) is 118 Å². The van der Waals surface area contributed by atoms with E-state index in [-0.39, 0.29) is 28.7 Å². The van der Waals surface area contributed by atoms with E-state index in [4.69, 9.17) is 17.3 Å². The standard InChI is InChI=1S/C20H22ClF2N5O3S/c1-19(2)18(24)27-20(3,10-28(4)32(19,30)31)13-8-12(5-6-14(13)22)26-17(29)16-15(23)7-11(21)9-25-16/h5-9H,10H2,1-4H3,(H2,24,27)(H,26,29). The number of amides is 1. The Balaban J connectivity index is 2.03. The molecule has 0 spiro atoms.